The normalized spacial score (nSPS) is 23.0. The van der Waals surface area contributed by atoms with Crippen LogP contribution in [-0.4, -0.2) is 29.1 Å². The van der Waals surface area contributed by atoms with Crippen LogP contribution >= 0.6 is 11.8 Å². The van der Waals surface area contributed by atoms with Gasteiger partial charge in [-0.15, -0.1) is 0 Å². The maximum Gasteiger partial charge on any atom is 0.241 e. The number of rotatable bonds is 3. The Morgan fingerprint density at radius 3 is 2.72 bits per heavy atom. The van der Waals surface area contributed by atoms with Gasteiger partial charge in [0.25, 0.3) is 0 Å². The lowest BCUT2D eigenvalue weighted by molar-refractivity contribution is -0.134. The lowest BCUT2D eigenvalue weighted by Gasteiger charge is -2.45. The van der Waals surface area contributed by atoms with Crippen molar-refractivity contribution in [3.05, 3.63) is 65.0 Å². The summed E-state index contributed by atoms with van der Waals surface area (Å²) in [5.74, 6) is -2.14. The van der Waals surface area contributed by atoms with Crippen LogP contribution < -0.4 is 10.5 Å². The standard InChI is InChI=1S/C20H18F3N3O2S/c1-11(27)26-20(29-19(25-26)15-8-13(21)2-4-17(15)23)12(6-7-24)10-28-18-5-3-14(22)9-16(18)20/h2-5,8-9,12H,6-7,10,24H2,1H3/t12-,20?/m1/s1. The second kappa shape index (κ2) is 7.38. The van der Waals surface area contributed by atoms with Crippen LogP contribution in [0, 0.1) is 23.4 Å². The Labute approximate surface area is 169 Å². The number of hydrogen-bond donors (Lipinski definition) is 1. The maximum absolute atomic E-state index is 14.4. The topological polar surface area (TPSA) is 67.9 Å². The minimum atomic E-state index is -1.17. The highest BCUT2D eigenvalue weighted by molar-refractivity contribution is 8.15. The Morgan fingerprint density at radius 1 is 1.28 bits per heavy atom. The molecule has 2 aliphatic rings. The van der Waals surface area contributed by atoms with Crippen molar-refractivity contribution in [2.24, 2.45) is 16.8 Å². The monoisotopic (exact) mass is 421 g/mol. The van der Waals surface area contributed by atoms with E-state index in [1.807, 2.05) is 0 Å². The molecule has 5 nitrogen and oxygen atoms in total. The van der Waals surface area contributed by atoms with Gasteiger partial charge in [0.2, 0.25) is 5.91 Å². The van der Waals surface area contributed by atoms with Gasteiger partial charge in [0.1, 0.15) is 28.2 Å². The highest BCUT2D eigenvalue weighted by atomic mass is 32.2. The smallest absolute Gasteiger partial charge is 0.241 e. The summed E-state index contributed by atoms with van der Waals surface area (Å²) in [6, 6.07) is 7.09. The second-order valence-electron chi connectivity index (χ2n) is 6.88. The molecule has 0 saturated heterocycles. The Morgan fingerprint density at radius 2 is 2.00 bits per heavy atom. The SMILES string of the molecule is CC(=O)N1N=C(c2cc(F)ccc2F)SC12c1cc(F)ccc1OC[C@H]2CCN. The third-order valence-electron chi connectivity index (χ3n) is 5.05. The van der Waals surface area contributed by atoms with E-state index in [1.54, 1.807) is 0 Å². The van der Waals surface area contributed by atoms with E-state index in [4.69, 9.17) is 10.5 Å². The van der Waals surface area contributed by atoms with E-state index < -0.39 is 28.2 Å². The number of carbonyl (C=O) groups excluding carboxylic acids is 1. The van der Waals surface area contributed by atoms with Gasteiger partial charge in [-0.1, -0.05) is 11.8 Å². The van der Waals surface area contributed by atoms with Crippen molar-refractivity contribution in [3.8, 4) is 5.75 Å². The molecule has 2 atom stereocenters. The number of nitrogens with two attached hydrogens (primary N) is 1. The zero-order valence-corrected chi connectivity index (χ0v) is 16.3. The zero-order chi connectivity index (χ0) is 20.8. The summed E-state index contributed by atoms with van der Waals surface area (Å²) < 4.78 is 48.2. The van der Waals surface area contributed by atoms with Crippen molar-refractivity contribution >= 4 is 22.7 Å². The van der Waals surface area contributed by atoms with Crippen molar-refractivity contribution in [1.82, 2.24) is 5.01 Å². The van der Waals surface area contributed by atoms with Gasteiger partial charge in [0.05, 0.1) is 6.61 Å². The summed E-state index contributed by atoms with van der Waals surface area (Å²) in [5, 5.41) is 5.69. The Hall–Kier alpha value is -2.52. The minimum absolute atomic E-state index is 0.0610. The number of halogens is 3. The molecule has 152 valence electrons. The number of ether oxygens (including phenoxy) is 1. The van der Waals surface area contributed by atoms with Crippen molar-refractivity contribution in [1.29, 1.82) is 0 Å². The first-order valence-electron chi connectivity index (χ1n) is 9.03. The van der Waals surface area contributed by atoms with E-state index in [2.05, 4.69) is 5.10 Å². The molecule has 2 aromatic rings. The average Bonchev–Trinajstić information content (AvgIpc) is 3.08. The Balaban J connectivity index is 1.91. The molecule has 0 aliphatic carbocycles. The van der Waals surface area contributed by atoms with Crippen LogP contribution in [0.4, 0.5) is 13.2 Å². The number of fused-ring (bicyclic) bond motifs is 2. The van der Waals surface area contributed by atoms with Crippen molar-refractivity contribution in [3.63, 3.8) is 0 Å². The van der Waals surface area contributed by atoms with Crippen molar-refractivity contribution in [2.45, 2.75) is 18.2 Å². The number of amides is 1. The van der Waals surface area contributed by atoms with Crippen molar-refractivity contribution in [2.75, 3.05) is 13.2 Å². The van der Waals surface area contributed by atoms with Gasteiger partial charge in [0, 0.05) is 24.0 Å². The van der Waals surface area contributed by atoms with E-state index in [-0.39, 0.29) is 23.1 Å². The van der Waals surface area contributed by atoms with Crippen LogP contribution in [0.15, 0.2) is 41.5 Å². The molecule has 2 aromatic carbocycles. The molecule has 9 heteroatoms. The first kappa shape index (κ1) is 19.8. The number of nitrogens with zero attached hydrogens (tertiary/aromatic N) is 2. The molecular weight excluding hydrogens is 403 g/mol. The largest absolute Gasteiger partial charge is 0.493 e. The van der Waals surface area contributed by atoms with Gasteiger partial charge in [-0.3, -0.25) is 4.79 Å². The first-order valence-corrected chi connectivity index (χ1v) is 9.85. The number of carbonyl (C=O) groups is 1. The van der Waals surface area contributed by atoms with Gasteiger partial charge in [-0.25, -0.2) is 18.2 Å². The van der Waals surface area contributed by atoms with E-state index in [0.29, 0.717) is 24.3 Å². The summed E-state index contributed by atoms with van der Waals surface area (Å²) in [5.41, 5.74) is 6.14. The van der Waals surface area contributed by atoms with Crippen LogP contribution in [0.25, 0.3) is 0 Å². The zero-order valence-electron chi connectivity index (χ0n) is 15.5. The molecule has 0 aromatic heterocycles. The molecule has 0 bridgehead atoms. The Bertz CT molecular complexity index is 1020. The highest BCUT2D eigenvalue weighted by Gasteiger charge is 2.56. The van der Waals surface area contributed by atoms with Crippen molar-refractivity contribution < 1.29 is 22.7 Å². The fourth-order valence-electron chi connectivity index (χ4n) is 3.79. The second-order valence-corrected chi connectivity index (χ2v) is 8.10. The summed E-state index contributed by atoms with van der Waals surface area (Å²) in [6.45, 7) is 1.85. The number of thioether (sulfide) groups is 1. The molecule has 0 fully saturated rings. The lowest BCUT2D eigenvalue weighted by Crippen LogP contribution is -2.51. The average molecular weight is 421 g/mol. The number of hydrogen-bond acceptors (Lipinski definition) is 5. The predicted molar refractivity (Wildman–Crippen MR) is 104 cm³/mol. The number of benzene rings is 2. The molecule has 1 unspecified atom stereocenters. The first-order chi connectivity index (χ1) is 13.9. The summed E-state index contributed by atoms with van der Waals surface area (Å²) in [6.07, 6.45) is 0.459. The molecule has 0 saturated carbocycles. The molecular formula is C20H18F3N3O2S. The molecule has 0 radical (unpaired) electrons. The molecule has 29 heavy (non-hydrogen) atoms. The molecule has 4 rings (SSSR count). The third-order valence-corrected chi connectivity index (χ3v) is 6.58. The van der Waals surface area contributed by atoms with E-state index in [1.165, 1.54) is 30.1 Å². The predicted octanol–water partition coefficient (Wildman–Crippen LogP) is 3.57. The van der Waals surface area contributed by atoms with Gasteiger partial charge in [-0.05, 0) is 49.4 Å². The van der Waals surface area contributed by atoms with Gasteiger partial charge < -0.3 is 10.5 Å². The minimum Gasteiger partial charge on any atom is -0.493 e. The van der Waals surface area contributed by atoms with Gasteiger partial charge >= 0.3 is 0 Å². The van der Waals surface area contributed by atoms with E-state index >= 15 is 0 Å². The lowest BCUT2D eigenvalue weighted by atomic mass is 9.86. The van der Waals surface area contributed by atoms with Crippen LogP contribution in [0.1, 0.15) is 24.5 Å². The third kappa shape index (κ3) is 3.18. The molecule has 2 heterocycles. The Kier molecular flexibility index (Phi) is 5.04. The number of hydrazone groups is 1. The molecule has 1 spiro atoms. The molecule has 2 aliphatic heterocycles. The van der Waals surface area contributed by atoms with Gasteiger partial charge in [-0.2, -0.15) is 5.10 Å². The fourth-order valence-corrected chi connectivity index (χ4v) is 5.35. The van der Waals surface area contributed by atoms with Crippen LogP contribution in [0.5, 0.6) is 5.75 Å². The highest BCUT2D eigenvalue weighted by Crippen LogP contribution is 2.57. The molecule has 1 amide bonds. The maximum atomic E-state index is 14.4. The summed E-state index contributed by atoms with van der Waals surface area (Å²) >= 11 is 1.09. The summed E-state index contributed by atoms with van der Waals surface area (Å²) in [7, 11) is 0. The summed E-state index contributed by atoms with van der Waals surface area (Å²) in [4.78, 5) is 11.4. The van der Waals surface area contributed by atoms with Crippen LogP contribution in [-0.2, 0) is 9.67 Å². The van der Waals surface area contributed by atoms with Crippen LogP contribution in [0.2, 0.25) is 0 Å². The van der Waals surface area contributed by atoms with E-state index in [9.17, 15) is 18.0 Å². The van der Waals surface area contributed by atoms with Crippen LogP contribution in [0.3, 0.4) is 0 Å². The quantitative estimate of drug-likeness (QED) is 0.823. The fraction of sp³-hybridized carbons (Fsp3) is 0.300. The van der Waals surface area contributed by atoms with Gasteiger partial charge in [0.15, 0.2) is 4.87 Å². The van der Waals surface area contributed by atoms with E-state index in [0.717, 1.165) is 30.0 Å². The molecule has 2 N–H and O–H groups in total.